The van der Waals surface area contributed by atoms with E-state index in [0.717, 1.165) is 5.56 Å². The van der Waals surface area contributed by atoms with Crippen molar-refractivity contribution in [2.75, 3.05) is 19.0 Å². The highest BCUT2D eigenvalue weighted by Gasteiger charge is 2.80. The molecule has 3 aliphatic heterocycles. The lowest BCUT2D eigenvalue weighted by Gasteiger charge is -2.36. The minimum atomic E-state index is -1.18. The number of ether oxygens (including phenoxy) is 2. The molecule has 1 spiro atoms. The van der Waals surface area contributed by atoms with Crippen molar-refractivity contribution in [3.8, 4) is 5.75 Å². The number of benzene rings is 2. The van der Waals surface area contributed by atoms with E-state index in [2.05, 4.69) is 10.6 Å². The maximum Gasteiger partial charge on any atom is 0.250 e. The van der Waals surface area contributed by atoms with Gasteiger partial charge in [-0.3, -0.25) is 14.4 Å². The smallest absolute Gasteiger partial charge is 0.250 e. The number of carbonyl (C=O) groups is 3. The molecular weight excluding hydrogens is 498 g/mol. The molecule has 39 heavy (non-hydrogen) atoms. The van der Waals surface area contributed by atoms with Gasteiger partial charge in [0.05, 0.1) is 37.2 Å². The van der Waals surface area contributed by atoms with Crippen molar-refractivity contribution in [3.63, 3.8) is 0 Å². The number of aliphatic hydroxyl groups is 1. The lowest BCUT2D eigenvalue weighted by atomic mass is 9.62. The first-order valence-corrected chi connectivity index (χ1v) is 13.6. The van der Waals surface area contributed by atoms with Gasteiger partial charge in [-0.25, -0.2) is 0 Å². The Hall–Kier alpha value is -3.43. The molecular formula is C30H37N3O6. The average Bonchev–Trinajstić information content (AvgIpc) is 3.46. The molecule has 9 nitrogen and oxygen atoms in total. The molecule has 0 saturated carbocycles. The second-order valence-corrected chi connectivity index (χ2v) is 11.1. The number of anilines is 1. The Morgan fingerprint density at radius 2 is 1.85 bits per heavy atom. The third-order valence-corrected chi connectivity index (χ3v) is 9.03. The van der Waals surface area contributed by atoms with Gasteiger partial charge in [-0.15, -0.1) is 0 Å². The lowest BCUT2D eigenvalue weighted by molar-refractivity contribution is -0.149. The molecule has 3 saturated heterocycles. The fourth-order valence-corrected chi connectivity index (χ4v) is 6.96. The standard InChI is InChI=1S/C30H37N3O6/c1-5-21(17-34)33-25(27(36)32-20-11-13-22(38-4)14-12-20)30-15-18(2)29(3,39-30)23(24(30)28(33)37)26(35)31-16-19-9-7-6-8-10-19/h6-14,18,21,23-25,34H,5,15-17H2,1-4H3,(H,31,35)(H,32,36)/t18?,21-,23-,24-,25?,29+,30?/m0/s1. The van der Waals surface area contributed by atoms with Crippen LogP contribution in [0.3, 0.4) is 0 Å². The summed E-state index contributed by atoms with van der Waals surface area (Å²) < 4.78 is 11.9. The van der Waals surface area contributed by atoms with Crippen LogP contribution in [0.2, 0.25) is 0 Å². The summed E-state index contributed by atoms with van der Waals surface area (Å²) in [7, 11) is 1.57. The number of nitrogens with zero attached hydrogens (tertiary/aromatic N) is 1. The normalized spacial score (nSPS) is 31.6. The predicted molar refractivity (Wildman–Crippen MR) is 145 cm³/mol. The minimum absolute atomic E-state index is 0.0699. The molecule has 2 bridgehead atoms. The molecule has 5 rings (SSSR count). The van der Waals surface area contributed by atoms with Crippen LogP contribution in [0.5, 0.6) is 5.75 Å². The Balaban J connectivity index is 1.50. The van der Waals surface area contributed by atoms with Gasteiger partial charge < -0.3 is 30.1 Å². The fourth-order valence-electron chi connectivity index (χ4n) is 6.96. The molecule has 0 aromatic heterocycles. The van der Waals surface area contributed by atoms with Gasteiger partial charge in [-0.1, -0.05) is 44.2 Å². The van der Waals surface area contributed by atoms with Crippen molar-refractivity contribution in [3.05, 3.63) is 60.2 Å². The van der Waals surface area contributed by atoms with Crippen molar-refractivity contribution in [1.82, 2.24) is 10.2 Å². The van der Waals surface area contributed by atoms with Gasteiger partial charge in [0, 0.05) is 12.2 Å². The summed E-state index contributed by atoms with van der Waals surface area (Å²) in [5.74, 6) is -2.00. The van der Waals surface area contributed by atoms with E-state index in [9.17, 15) is 19.5 Å². The third kappa shape index (κ3) is 4.28. The van der Waals surface area contributed by atoms with Crippen molar-refractivity contribution in [1.29, 1.82) is 0 Å². The Labute approximate surface area is 228 Å². The number of hydrogen-bond donors (Lipinski definition) is 3. The first kappa shape index (κ1) is 27.1. The number of fused-ring (bicyclic) bond motifs is 1. The molecule has 2 aromatic rings. The van der Waals surface area contributed by atoms with Gasteiger partial charge in [0.2, 0.25) is 17.7 Å². The molecule has 7 atom stereocenters. The maximum absolute atomic E-state index is 14.2. The van der Waals surface area contributed by atoms with Crippen molar-refractivity contribution in [2.45, 2.75) is 63.4 Å². The average molecular weight is 536 g/mol. The number of carbonyl (C=O) groups excluding carboxylic acids is 3. The molecule has 3 N–H and O–H groups in total. The van der Waals surface area contributed by atoms with Crippen LogP contribution in [0, 0.1) is 17.8 Å². The van der Waals surface area contributed by atoms with Crippen molar-refractivity contribution in [2.24, 2.45) is 17.8 Å². The van der Waals surface area contributed by atoms with Crippen LogP contribution in [0.25, 0.3) is 0 Å². The number of nitrogens with one attached hydrogen (secondary N) is 2. The van der Waals surface area contributed by atoms with E-state index in [1.54, 1.807) is 31.4 Å². The monoisotopic (exact) mass is 535 g/mol. The summed E-state index contributed by atoms with van der Waals surface area (Å²) >= 11 is 0. The van der Waals surface area contributed by atoms with Crippen LogP contribution in [0.15, 0.2) is 54.6 Å². The Bertz CT molecular complexity index is 1230. The van der Waals surface area contributed by atoms with E-state index in [0.29, 0.717) is 30.8 Å². The highest BCUT2D eigenvalue weighted by Crippen LogP contribution is 2.65. The summed E-state index contributed by atoms with van der Waals surface area (Å²) in [6.45, 7) is 5.79. The van der Waals surface area contributed by atoms with Crippen molar-refractivity contribution < 1.29 is 29.0 Å². The fraction of sp³-hybridized carbons (Fsp3) is 0.500. The number of rotatable bonds is 9. The SMILES string of the molecule is CC[C@@H](CO)N1C(=O)[C@@H]2[C@@H](C(=O)NCc3ccccc3)[C@]3(C)OC2(CC3C)C1C(=O)Nc1ccc(OC)cc1. The topological polar surface area (TPSA) is 117 Å². The zero-order valence-electron chi connectivity index (χ0n) is 22.8. The molecule has 3 unspecified atom stereocenters. The Kier molecular flexibility index (Phi) is 7.15. The van der Waals surface area contributed by atoms with Gasteiger partial charge in [0.15, 0.2) is 0 Å². The van der Waals surface area contributed by atoms with Gasteiger partial charge >= 0.3 is 0 Å². The van der Waals surface area contributed by atoms with E-state index >= 15 is 0 Å². The predicted octanol–water partition coefficient (Wildman–Crippen LogP) is 2.73. The van der Waals surface area contributed by atoms with Crippen LogP contribution in [-0.2, 0) is 25.7 Å². The van der Waals surface area contributed by atoms with E-state index in [-0.39, 0.29) is 24.3 Å². The maximum atomic E-state index is 14.2. The zero-order chi connectivity index (χ0) is 27.9. The number of amides is 3. The number of hydrogen-bond acceptors (Lipinski definition) is 6. The molecule has 3 fully saturated rings. The summed E-state index contributed by atoms with van der Waals surface area (Å²) in [5.41, 5.74) is -0.592. The quantitative estimate of drug-likeness (QED) is 0.455. The van der Waals surface area contributed by atoms with Crippen LogP contribution in [-0.4, -0.2) is 64.7 Å². The zero-order valence-corrected chi connectivity index (χ0v) is 22.8. The van der Waals surface area contributed by atoms with Crippen LogP contribution >= 0.6 is 0 Å². The Morgan fingerprint density at radius 1 is 1.15 bits per heavy atom. The van der Waals surface area contributed by atoms with E-state index in [4.69, 9.17) is 9.47 Å². The molecule has 3 heterocycles. The van der Waals surface area contributed by atoms with E-state index in [1.165, 1.54) is 4.90 Å². The second kappa shape index (κ2) is 10.3. The van der Waals surface area contributed by atoms with Gasteiger partial charge in [-0.05, 0) is 55.5 Å². The van der Waals surface area contributed by atoms with Crippen LogP contribution in [0.4, 0.5) is 5.69 Å². The first-order chi connectivity index (χ1) is 18.7. The molecule has 3 aliphatic rings. The molecule has 208 valence electrons. The molecule has 0 radical (unpaired) electrons. The molecule has 2 aromatic carbocycles. The van der Waals surface area contributed by atoms with E-state index in [1.807, 2.05) is 51.1 Å². The highest BCUT2D eigenvalue weighted by atomic mass is 16.5. The third-order valence-electron chi connectivity index (χ3n) is 9.03. The summed E-state index contributed by atoms with van der Waals surface area (Å²) in [6, 6.07) is 14.9. The second-order valence-electron chi connectivity index (χ2n) is 11.1. The first-order valence-electron chi connectivity index (χ1n) is 13.6. The largest absolute Gasteiger partial charge is 0.497 e. The van der Waals surface area contributed by atoms with Crippen LogP contribution < -0.4 is 15.4 Å². The van der Waals surface area contributed by atoms with Gasteiger partial charge in [0.1, 0.15) is 17.4 Å². The van der Waals surface area contributed by atoms with Gasteiger partial charge in [0.25, 0.3) is 0 Å². The van der Waals surface area contributed by atoms with E-state index < -0.39 is 41.0 Å². The molecule has 3 amide bonds. The highest BCUT2D eigenvalue weighted by molar-refractivity contribution is 6.04. The van der Waals surface area contributed by atoms with Crippen molar-refractivity contribution >= 4 is 23.4 Å². The summed E-state index contributed by atoms with van der Waals surface area (Å²) in [6.07, 6.45) is 0.913. The number of likely N-dealkylation sites (tertiary alicyclic amines) is 1. The molecule has 0 aliphatic carbocycles. The summed E-state index contributed by atoms with van der Waals surface area (Å²) in [5, 5.41) is 16.2. The minimum Gasteiger partial charge on any atom is -0.497 e. The molecule has 9 heteroatoms. The number of methoxy groups -OCH3 is 1. The summed E-state index contributed by atoms with van der Waals surface area (Å²) in [4.78, 5) is 43.4. The van der Waals surface area contributed by atoms with Gasteiger partial charge in [-0.2, -0.15) is 0 Å². The van der Waals surface area contributed by atoms with Crippen LogP contribution in [0.1, 0.15) is 39.2 Å². The Morgan fingerprint density at radius 3 is 2.46 bits per heavy atom. The lowest BCUT2D eigenvalue weighted by Crippen LogP contribution is -2.56. The number of aliphatic hydroxyl groups excluding tert-OH is 1.